The fourth-order valence-corrected chi connectivity index (χ4v) is 2.92. The lowest BCUT2D eigenvalue weighted by atomic mass is 10.1. The summed E-state index contributed by atoms with van der Waals surface area (Å²) in [4.78, 5) is 9.08. The highest BCUT2D eigenvalue weighted by molar-refractivity contribution is 7.13. The maximum absolute atomic E-state index is 5.60. The van der Waals surface area contributed by atoms with Crippen LogP contribution in [0.3, 0.4) is 0 Å². The summed E-state index contributed by atoms with van der Waals surface area (Å²) in [6, 6.07) is 10.3. The predicted octanol–water partition coefficient (Wildman–Crippen LogP) is 3.57. The molecule has 0 fully saturated rings. The number of hydrogen-bond acceptors (Lipinski definition) is 3. The van der Waals surface area contributed by atoms with Crippen LogP contribution in [0.1, 0.15) is 11.1 Å². The SMILES string of the molecule is Cc1ccsc1-c1cnc(-c2ccc(CN)cc2)[nH]1. The number of nitrogens with two attached hydrogens (primary N) is 1. The van der Waals surface area contributed by atoms with E-state index >= 15 is 0 Å². The van der Waals surface area contributed by atoms with E-state index in [4.69, 9.17) is 5.73 Å². The van der Waals surface area contributed by atoms with Crippen molar-refractivity contribution >= 4 is 11.3 Å². The molecule has 0 aliphatic rings. The van der Waals surface area contributed by atoms with Crippen molar-refractivity contribution in [3.8, 4) is 22.0 Å². The zero-order valence-electron chi connectivity index (χ0n) is 10.7. The Labute approximate surface area is 116 Å². The van der Waals surface area contributed by atoms with Crippen molar-refractivity contribution in [1.29, 1.82) is 0 Å². The summed E-state index contributed by atoms with van der Waals surface area (Å²) in [6.45, 7) is 2.68. The van der Waals surface area contributed by atoms with Gasteiger partial charge in [0.25, 0.3) is 0 Å². The van der Waals surface area contributed by atoms with Gasteiger partial charge in [-0.15, -0.1) is 11.3 Å². The van der Waals surface area contributed by atoms with Crippen LogP contribution in [0.2, 0.25) is 0 Å². The normalized spacial score (nSPS) is 10.8. The summed E-state index contributed by atoms with van der Waals surface area (Å²) in [5, 5.41) is 2.10. The second-order valence-electron chi connectivity index (χ2n) is 4.48. The molecule has 0 aliphatic carbocycles. The summed E-state index contributed by atoms with van der Waals surface area (Å²) in [5.74, 6) is 0.895. The van der Waals surface area contributed by atoms with Crippen LogP contribution in [-0.4, -0.2) is 9.97 Å². The van der Waals surface area contributed by atoms with Gasteiger partial charge in [0, 0.05) is 12.1 Å². The number of hydrogen-bond donors (Lipinski definition) is 2. The molecule has 0 saturated heterocycles. The molecule has 0 unspecified atom stereocenters. The molecule has 1 aromatic carbocycles. The Morgan fingerprint density at radius 3 is 2.63 bits per heavy atom. The number of nitrogens with one attached hydrogen (secondary N) is 1. The predicted molar refractivity (Wildman–Crippen MR) is 80.0 cm³/mol. The molecule has 2 aromatic heterocycles. The fraction of sp³-hybridized carbons (Fsp3) is 0.133. The standard InChI is InChI=1S/C15H15N3S/c1-10-6-7-19-14(10)13-9-17-15(18-13)12-4-2-11(8-16)3-5-12/h2-7,9H,8,16H2,1H3,(H,17,18). The first-order valence-corrected chi connectivity index (χ1v) is 7.05. The Balaban J connectivity index is 1.94. The topological polar surface area (TPSA) is 54.7 Å². The smallest absolute Gasteiger partial charge is 0.137 e. The van der Waals surface area contributed by atoms with E-state index in [0.29, 0.717) is 6.54 Å². The van der Waals surface area contributed by atoms with Gasteiger partial charge in [0.05, 0.1) is 16.8 Å². The van der Waals surface area contributed by atoms with Gasteiger partial charge < -0.3 is 10.7 Å². The van der Waals surface area contributed by atoms with E-state index in [1.807, 2.05) is 30.5 Å². The van der Waals surface area contributed by atoms with Crippen molar-refractivity contribution in [1.82, 2.24) is 9.97 Å². The molecule has 0 aliphatic heterocycles. The molecule has 3 N–H and O–H groups in total. The highest BCUT2D eigenvalue weighted by atomic mass is 32.1. The molecular formula is C15H15N3S. The van der Waals surface area contributed by atoms with Gasteiger partial charge in [0.2, 0.25) is 0 Å². The Bertz CT molecular complexity index is 679. The van der Waals surface area contributed by atoms with Crippen LogP contribution in [0.4, 0.5) is 0 Å². The number of aromatic nitrogens is 2. The first-order chi connectivity index (χ1) is 9.28. The van der Waals surface area contributed by atoms with Gasteiger partial charge in [-0.3, -0.25) is 0 Å². The van der Waals surface area contributed by atoms with Crippen LogP contribution in [0.25, 0.3) is 22.0 Å². The van der Waals surface area contributed by atoms with Crippen molar-refractivity contribution < 1.29 is 0 Å². The van der Waals surface area contributed by atoms with Crippen molar-refractivity contribution in [3.05, 3.63) is 53.0 Å². The van der Waals surface area contributed by atoms with Gasteiger partial charge in [0.15, 0.2) is 0 Å². The number of H-pyrrole nitrogens is 1. The molecule has 0 spiro atoms. The van der Waals surface area contributed by atoms with Gasteiger partial charge in [0.1, 0.15) is 5.82 Å². The summed E-state index contributed by atoms with van der Waals surface area (Å²) < 4.78 is 0. The summed E-state index contributed by atoms with van der Waals surface area (Å²) in [6.07, 6.45) is 1.89. The minimum absolute atomic E-state index is 0.568. The van der Waals surface area contributed by atoms with E-state index in [0.717, 1.165) is 22.6 Å². The van der Waals surface area contributed by atoms with Crippen LogP contribution in [0.15, 0.2) is 41.9 Å². The molecule has 0 radical (unpaired) electrons. The molecule has 3 rings (SSSR count). The van der Waals surface area contributed by atoms with E-state index in [1.54, 1.807) is 11.3 Å². The van der Waals surface area contributed by atoms with Gasteiger partial charge in [-0.25, -0.2) is 4.98 Å². The lowest BCUT2D eigenvalue weighted by Gasteiger charge is -1.99. The largest absolute Gasteiger partial charge is 0.337 e. The summed E-state index contributed by atoms with van der Waals surface area (Å²) in [7, 11) is 0. The molecule has 2 heterocycles. The van der Waals surface area contributed by atoms with Crippen LogP contribution in [0.5, 0.6) is 0 Å². The maximum atomic E-state index is 5.60. The highest BCUT2D eigenvalue weighted by Crippen LogP contribution is 2.29. The molecule has 96 valence electrons. The van der Waals surface area contributed by atoms with Crippen molar-refractivity contribution in [2.24, 2.45) is 5.73 Å². The number of thiophene rings is 1. The zero-order chi connectivity index (χ0) is 13.2. The second kappa shape index (κ2) is 4.99. The lowest BCUT2D eigenvalue weighted by Crippen LogP contribution is -1.95. The molecule has 19 heavy (non-hydrogen) atoms. The van der Waals surface area contributed by atoms with E-state index in [9.17, 15) is 0 Å². The first-order valence-electron chi connectivity index (χ1n) is 6.17. The Morgan fingerprint density at radius 2 is 2.00 bits per heavy atom. The third kappa shape index (κ3) is 2.32. The molecule has 4 heteroatoms. The minimum atomic E-state index is 0.568. The number of imidazole rings is 1. The zero-order valence-corrected chi connectivity index (χ0v) is 11.5. The van der Waals surface area contributed by atoms with Crippen LogP contribution in [0, 0.1) is 6.92 Å². The van der Waals surface area contributed by atoms with Gasteiger partial charge in [-0.05, 0) is 29.5 Å². The monoisotopic (exact) mass is 269 g/mol. The van der Waals surface area contributed by atoms with E-state index < -0.39 is 0 Å². The molecule has 0 atom stereocenters. The van der Waals surface area contributed by atoms with Gasteiger partial charge >= 0.3 is 0 Å². The van der Waals surface area contributed by atoms with Crippen molar-refractivity contribution in [2.75, 3.05) is 0 Å². The van der Waals surface area contributed by atoms with Gasteiger partial charge in [-0.1, -0.05) is 24.3 Å². The van der Waals surface area contributed by atoms with Crippen LogP contribution in [-0.2, 0) is 6.54 Å². The average molecular weight is 269 g/mol. The highest BCUT2D eigenvalue weighted by Gasteiger charge is 2.08. The average Bonchev–Trinajstić information content (AvgIpc) is 3.07. The van der Waals surface area contributed by atoms with Crippen molar-refractivity contribution in [2.45, 2.75) is 13.5 Å². The number of nitrogens with zero attached hydrogens (tertiary/aromatic N) is 1. The Kier molecular flexibility index (Phi) is 3.19. The van der Waals surface area contributed by atoms with E-state index in [-0.39, 0.29) is 0 Å². The lowest BCUT2D eigenvalue weighted by molar-refractivity contribution is 1.07. The molecular weight excluding hydrogens is 254 g/mol. The molecule has 0 saturated carbocycles. The number of benzene rings is 1. The number of aromatic amines is 1. The molecule has 3 nitrogen and oxygen atoms in total. The molecule has 3 aromatic rings. The Hall–Kier alpha value is -1.91. The number of rotatable bonds is 3. The van der Waals surface area contributed by atoms with Crippen molar-refractivity contribution in [3.63, 3.8) is 0 Å². The maximum Gasteiger partial charge on any atom is 0.137 e. The second-order valence-corrected chi connectivity index (χ2v) is 5.40. The molecule has 0 amide bonds. The molecule has 0 bridgehead atoms. The third-order valence-electron chi connectivity index (χ3n) is 3.15. The van der Waals surface area contributed by atoms with Crippen LogP contribution < -0.4 is 5.73 Å². The minimum Gasteiger partial charge on any atom is -0.337 e. The third-order valence-corrected chi connectivity index (χ3v) is 4.20. The number of aryl methyl sites for hydroxylation is 1. The van der Waals surface area contributed by atoms with Gasteiger partial charge in [-0.2, -0.15) is 0 Å². The van der Waals surface area contributed by atoms with E-state index in [1.165, 1.54) is 10.4 Å². The summed E-state index contributed by atoms with van der Waals surface area (Å²) >= 11 is 1.73. The fourth-order valence-electron chi connectivity index (χ4n) is 2.03. The summed E-state index contributed by atoms with van der Waals surface area (Å²) in [5.41, 5.74) is 10.2. The van der Waals surface area contributed by atoms with Crippen LogP contribution >= 0.6 is 11.3 Å². The quantitative estimate of drug-likeness (QED) is 0.763. The van der Waals surface area contributed by atoms with E-state index in [2.05, 4.69) is 28.3 Å². The first kappa shape index (κ1) is 12.1. The Morgan fingerprint density at radius 1 is 1.21 bits per heavy atom.